The van der Waals surface area contributed by atoms with Gasteiger partial charge in [0.25, 0.3) is 5.91 Å². The number of aryl methyl sites for hydroxylation is 1. The van der Waals surface area contributed by atoms with Gasteiger partial charge in [-0.05, 0) is 68.1 Å². The molecular formula is C20H25N3O2. The number of carbonyl (C=O) groups is 1. The minimum absolute atomic E-state index is 0.147. The highest BCUT2D eigenvalue weighted by Crippen LogP contribution is 2.18. The number of likely N-dealkylation sites (tertiary alicyclic amines) is 1. The molecule has 132 valence electrons. The zero-order chi connectivity index (χ0) is 17.6. The summed E-state index contributed by atoms with van der Waals surface area (Å²) in [6, 6.07) is 11.5. The molecule has 0 spiro atoms. The topological polar surface area (TPSA) is 65.5 Å². The van der Waals surface area contributed by atoms with E-state index in [9.17, 15) is 9.90 Å². The molecule has 3 rings (SSSR count). The summed E-state index contributed by atoms with van der Waals surface area (Å²) >= 11 is 0. The summed E-state index contributed by atoms with van der Waals surface area (Å²) in [6.07, 6.45) is 3.85. The van der Waals surface area contributed by atoms with Crippen LogP contribution in [0.3, 0.4) is 0 Å². The Morgan fingerprint density at radius 2 is 1.92 bits per heavy atom. The van der Waals surface area contributed by atoms with E-state index in [-0.39, 0.29) is 5.91 Å². The van der Waals surface area contributed by atoms with Gasteiger partial charge in [0.1, 0.15) is 5.82 Å². The van der Waals surface area contributed by atoms with Crippen molar-refractivity contribution in [2.24, 2.45) is 5.92 Å². The van der Waals surface area contributed by atoms with Gasteiger partial charge in [-0.3, -0.25) is 9.69 Å². The summed E-state index contributed by atoms with van der Waals surface area (Å²) in [7, 11) is 0. The summed E-state index contributed by atoms with van der Waals surface area (Å²) in [6.45, 7) is 5.19. The fourth-order valence-electron chi connectivity index (χ4n) is 3.08. The Kier molecular flexibility index (Phi) is 5.79. The maximum atomic E-state index is 12.3. The first kappa shape index (κ1) is 17.6. The Balaban J connectivity index is 1.54. The maximum Gasteiger partial charge on any atom is 0.256 e. The number of aliphatic hydroxyl groups excluding tert-OH is 1. The number of hydrogen-bond donors (Lipinski definition) is 2. The van der Waals surface area contributed by atoms with Crippen molar-refractivity contribution in [2.75, 3.05) is 25.0 Å². The first-order chi connectivity index (χ1) is 12.1. The lowest BCUT2D eigenvalue weighted by molar-refractivity contribution is 0.102. The molecule has 0 saturated carbocycles. The number of aromatic nitrogens is 1. The van der Waals surface area contributed by atoms with Crippen molar-refractivity contribution in [2.45, 2.75) is 26.3 Å². The number of rotatable bonds is 5. The Morgan fingerprint density at radius 1 is 1.20 bits per heavy atom. The van der Waals surface area contributed by atoms with Gasteiger partial charge in [-0.15, -0.1) is 0 Å². The molecular weight excluding hydrogens is 314 g/mol. The Bertz CT molecular complexity index is 690. The fourth-order valence-corrected chi connectivity index (χ4v) is 3.08. The molecule has 25 heavy (non-hydrogen) atoms. The highest BCUT2D eigenvalue weighted by Gasteiger charge is 2.18. The second kappa shape index (κ2) is 8.23. The third-order valence-electron chi connectivity index (χ3n) is 4.74. The van der Waals surface area contributed by atoms with E-state index in [0.29, 0.717) is 23.9 Å². The van der Waals surface area contributed by atoms with Crippen molar-refractivity contribution in [3.63, 3.8) is 0 Å². The summed E-state index contributed by atoms with van der Waals surface area (Å²) < 4.78 is 0. The molecule has 1 amide bonds. The molecule has 2 heterocycles. The van der Waals surface area contributed by atoms with E-state index in [1.54, 1.807) is 12.3 Å². The van der Waals surface area contributed by atoms with Crippen molar-refractivity contribution >= 4 is 11.7 Å². The van der Waals surface area contributed by atoms with Crippen LogP contribution in [0.1, 0.15) is 34.3 Å². The predicted molar refractivity (Wildman–Crippen MR) is 98.5 cm³/mol. The van der Waals surface area contributed by atoms with Crippen molar-refractivity contribution in [3.05, 3.63) is 59.3 Å². The van der Waals surface area contributed by atoms with E-state index in [0.717, 1.165) is 38.0 Å². The van der Waals surface area contributed by atoms with E-state index < -0.39 is 0 Å². The van der Waals surface area contributed by atoms with Crippen LogP contribution in [-0.2, 0) is 6.54 Å². The summed E-state index contributed by atoms with van der Waals surface area (Å²) in [5.74, 6) is 0.871. The Hall–Kier alpha value is -2.24. The zero-order valence-corrected chi connectivity index (χ0v) is 14.6. The molecule has 0 bridgehead atoms. The third kappa shape index (κ3) is 4.87. The second-order valence-corrected chi connectivity index (χ2v) is 6.77. The number of nitrogens with zero attached hydrogens (tertiary/aromatic N) is 2. The predicted octanol–water partition coefficient (Wildman–Crippen LogP) is 2.85. The molecule has 2 aromatic rings. The molecule has 0 aliphatic carbocycles. The second-order valence-electron chi connectivity index (χ2n) is 6.77. The van der Waals surface area contributed by atoms with Crippen molar-refractivity contribution in [1.82, 2.24) is 9.88 Å². The monoisotopic (exact) mass is 339 g/mol. The van der Waals surface area contributed by atoms with Crippen LogP contribution in [0.15, 0.2) is 42.6 Å². The molecule has 1 fully saturated rings. The van der Waals surface area contributed by atoms with Gasteiger partial charge in [-0.1, -0.05) is 18.2 Å². The molecule has 5 heteroatoms. The van der Waals surface area contributed by atoms with Gasteiger partial charge in [-0.25, -0.2) is 4.98 Å². The van der Waals surface area contributed by atoms with E-state index in [1.807, 2.05) is 37.3 Å². The number of benzene rings is 1. The number of anilines is 1. The van der Waals surface area contributed by atoms with Crippen LogP contribution in [0, 0.1) is 12.8 Å². The van der Waals surface area contributed by atoms with Crippen LogP contribution in [0.25, 0.3) is 0 Å². The largest absolute Gasteiger partial charge is 0.396 e. The zero-order valence-electron chi connectivity index (χ0n) is 14.6. The van der Waals surface area contributed by atoms with Crippen LogP contribution in [0.2, 0.25) is 0 Å². The number of pyridine rings is 1. The van der Waals surface area contributed by atoms with Crippen molar-refractivity contribution < 1.29 is 9.90 Å². The van der Waals surface area contributed by atoms with Gasteiger partial charge in [-0.2, -0.15) is 0 Å². The van der Waals surface area contributed by atoms with Crippen LogP contribution in [0.4, 0.5) is 5.82 Å². The molecule has 1 aromatic heterocycles. The van der Waals surface area contributed by atoms with Crippen molar-refractivity contribution in [1.29, 1.82) is 0 Å². The normalized spacial score (nSPS) is 15.9. The maximum absolute atomic E-state index is 12.3. The van der Waals surface area contributed by atoms with Crippen LogP contribution in [0.5, 0.6) is 0 Å². The summed E-state index contributed by atoms with van der Waals surface area (Å²) in [4.78, 5) is 18.9. The molecule has 0 atom stereocenters. The van der Waals surface area contributed by atoms with Gasteiger partial charge < -0.3 is 10.4 Å². The number of hydrogen-bond acceptors (Lipinski definition) is 4. The molecule has 2 N–H and O–H groups in total. The molecule has 0 radical (unpaired) electrons. The van der Waals surface area contributed by atoms with E-state index >= 15 is 0 Å². The van der Waals surface area contributed by atoms with Gasteiger partial charge in [0.05, 0.1) is 0 Å². The highest BCUT2D eigenvalue weighted by molar-refractivity contribution is 6.03. The molecule has 1 aliphatic heterocycles. The van der Waals surface area contributed by atoms with Crippen LogP contribution in [-0.4, -0.2) is 40.6 Å². The minimum Gasteiger partial charge on any atom is -0.396 e. The van der Waals surface area contributed by atoms with Gasteiger partial charge in [0.2, 0.25) is 0 Å². The van der Waals surface area contributed by atoms with Crippen LogP contribution < -0.4 is 5.32 Å². The molecule has 0 unspecified atom stereocenters. The van der Waals surface area contributed by atoms with E-state index in [4.69, 9.17) is 0 Å². The summed E-state index contributed by atoms with van der Waals surface area (Å²) in [5, 5.41) is 12.0. The fraction of sp³-hybridized carbons (Fsp3) is 0.400. The van der Waals surface area contributed by atoms with E-state index in [1.165, 1.54) is 5.56 Å². The number of aliphatic hydroxyl groups is 1. The quantitative estimate of drug-likeness (QED) is 0.879. The Labute approximate surface area is 148 Å². The average Bonchev–Trinajstić information content (AvgIpc) is 2.65. The molecule has 1 saturated heterocycles. The van der Waals surface area contributed by atoms with Gasteiger partial charge >= 0.3 is 0 Å². The standard InChI is InChI=1S/C20H25N3O2/c1-15-2-7-19(21-12-15)22-20(25)18-5-3-16(4-6-18)13-23-10-8-17(14-24)9-11-23/h2-7,12,17,24H,8-11,13-14H2,1H3,(H,21,22,25). The number of nitrogens with one attached hydrogen (secondary N) is 1. The molecule has 1 aliphatic rings. The Morgan fingerprint density at radius 3 is 2.52 bits per heavy atom. The van der Waals surface area contributed by atoms with Crippen molar-refractivity contribution in [3.8, 4) is 0 Å². The van der Waals surface area contributed by atoms with Crippen LogP contribution >= 0.6 is 0 Å². The van der Waals surface area contributed by atoms with E-state index in [2.05, 4.69) is 15.2 Å². The highest BCUT2D eigenvalue weighted by atomic mass is 16.3. The lowest BCUT2D eigenvalue weighted by Crippen LogP contribution is -2.34. The molecule has 5 nitrogen and oxygen atoms in total. The first-order valence-corrected chi connectivity index (χ1v) is 8.80. The first-order valence-electron chi connectivity index (χ1n) is 8.80. The lowest BCUT2D eigenvalue weighted by atomic mass is 9.97. The van der Waals surface area contributed by atoms with Gasteiger partial charge in [0, 0.05) is 24.9 Å². The lowest BCUT2D eigenvalue weighted by Gasteiger charge is -2.31. The number of carbonyl (C=O) groups excluding carboxylic acids is 1. The summed E-state index contributed by atoms with van der Waals surface area (Å²) in [5.41, 5.74) is 2.89. The smallest absolute Gasteiger partial charge is 0.256 e. The molecule has 1 aromatic carbocycles. The average molecular weight is 339 g/mol. The number of amides is 1. The minimum atomic E-state index is -0.147. The third-order valence-corrected chi connectivity index (χ3v) is 4.74. The van der Waals surface area contributed by atoms with Gasteiger partial charge in [0.15, 0.2) is 0 Å². The number of piperidine rings is 1. The SMILES string of the molecule is Cc1ccc(NC(=O)c2ccc(CN3CCC(CO)CC3)cc2)nc1.